The van der Waals surface area contributed by atoms with Gasteiger partial charge in [-0.25, -0.2) is 0 Å². The molecule has 0 spiro atoms. The van der Waals surface area contributed by atoms with Crippen molar-refractivity contribution in [3.8, 4) is 11.5 Å². The number of carbonyl (C=O) groups excluding carboxylic acids is 1. The van der Waals surface area contributed by atoms with Crippen LogP contribution in [0.2, 0.25) is 0 Å². The summed E-state index contributed by atoms with van der Waals surface area (Å²) in [6, 6.07) is 3.89. The summed E-state index contributed by atoms with van der Waals surface area (Å²) in [5.41, 5.74) is 0.899. The number of nitrogens with zero attached hydrogens (tertiary/aromatic N) is 1. The van der Waals surface area contributed by atoms with Gasteiger partial charge >= 0.3 is 0 Å². The average molecular weight is 477 g/mol. The van der Waals surface area contributed by atoms with Crippen LogP contribution in [-0.4, -0.2) is 34.4 Å². The highest BCUT2D eigenvalue weighted by Crippen LogP contribution is 2.37. The molecule has 1 aliphatic heterocycles. The number of halogens is 1. The number of carbonyl (C=O) groups is 1. The highest BCUT2D eigenvalue weighted by Gasteiger charge is 2.30. The van der Waals surface area contributed by atoms with Crippen molar-refractivity contribution in [1.82, 2.24) is 4.90 Å². The fourth-order valence-electron chi connectivity index (χ4n) is 2.21. The van der Waals surface area contributed by atoms with Crippen LogP contribution in [0.25, 0.3) is 6.08 Å². The van der Waals surface area contributed by atoms with Crippen molar-refractivity contribution in [2.45, 2.75) is 33.8 Å². The molecule has 0 unspecified atom stereocenters. The molecule has 0 saturated carbocycles. The molecule has 7 heteroatoms. The number of amides is 1. The smallest absolute Gasteiger partial charge is 0.266 e. The molecule has 1 heterocycles. The van der Waals surface area contributed by atoms with Gasteiger partial charge in [0, 0.05) is 6.54 Å². The molecule has 0 atom stereocenters. The van der Waals surface area contributed by atoms with E-state index in [1.807, 2.05) is 45.9 Å². The number of hydrogen-bond acceptors (Lipinski definition) is 5. The molecule has 1 aromatic rings. The minimum Gasteiger partial charge on any atom is -0.490 e. The van der Waals surface area contributed by atoms with Crippen LogP contribution in [0.15, 0.2) is 17.0 Å². The van der Waals surface area contributed by atoms with Gasteiger partial charge in [-0.15, -0.1) is 0 Å². The van der Waals surface area contributed by atoms with E-state index in [0.717, 1.165) is 14.9 Å². The minimum absolute atomic E-state index is 0.0389. The quantitative estimate of drug-likeness (QED) is 0.338. The Morgan fingerprint density at radius 3 is 2.62 bits per heavy atom. The first-order valence-corrected chi connectivity index (χ1v) is 10.1. The molecule has 1 amide bonds. The molecule has 0 bridgehead atoms. The zero-order valence-corrected chi connectivity index (χ0v) is 17.9. The second kappa shape index (κ2) is 8.53. The van der Waals surface area contributed by atoms with Crippen LogP contribution in [0.1, 0.15) is 33.3 Å². The Morgan fingerprint density at radius 2 is 2.08 bits per heavy atom. The zero-order chi connectivity index (χ0) is 17.9. The van der Waals surface area contributed by atoms with E-state index in [-0.39, 0.29) is 12.0 Å². The lowest BCUT2D eigenvalue weighted by Gasteiger charge is -2.17. The monoisotopic (exact) mass is 477 g/mol. The third kappa shape index (κ3) is 4.43. The van der Waals surface area contributed by atoms with Crippen LogP contribution in [0.4, 0.5) is 0 Å². The number of hydrogen-bond donors (Lipinski definition) is 0. The molecule has 4 nitrogen and oxygen atoms in total. The van der Waals surface area contributed by atoms with Gasteiger partial charge in [0.05, 0.1) is 21.2 Å². The molecular formula is C17H20INO3S2. The second-order valence-electron chi connectivity index (χ2n) is 5.36. The van der Waals surface area contributed by atoms with Gasteiger partial charge in [-0.2, -0.15) is 0 Å². The lowest BCUT2D eigenvalue weighted by molar-refractivity contribution is -0.121. The Kier molecular flexibility index (Phi) is 6.94. The van der Waals surface area contributed by atoms with Gasteiger partial charge in [0.25, 0.3) is 5.91 Å². The van der Waals surface area contributed by atoms with Crippen molar-refractivity contribution in [2.24, 2.45) is 0 Å². The fraction of sp³-hybridized carbons (Fsp3) is 0.412. The van der Waals surface area contributed by atoms with Crippen molar-refractivity contribution in [3.05, 3.63) is 26.2 Å². The Bertz CT molecular complexity index is 689. The third-order valence-electron chi connectivity index (χ3n) is 3.17. The van der Waals surface area contributed by atoms with Crippen molar-refractivity contribution >= 4 is 62.9 Å². The average Bonchev–Trinajstić information content (AvgIpc) is 2.76. The fourth-order valence-corrected chi connectivity index (χ4v) is 4.35. The lowest BCUT2D eigenvalue weighted by atomic mass is 10.1. The van der Waals surface area contributed by atoms with E-state index in [4.69, 9.17) is 21.7 Å². The Hall–Kier alpha value is -0.800. The third-order valence-corrected chi connectivity index (χ3v) is 5.35. The molecule has 1 aliphatic rings. The summed E-state index contributed by atoms with van der Waals surface area (Å²) in [6.07, 6.45) is 1.92. The highest BCUT2D eigenvalue weighted by atomic mass is 127. The van der Waals surface area contributed by atoms with Crippen LogP contribution >= 0.6 is 46.6 Å². The molecule has 0 aromatic heterocycles. The van der Waals surface area contributed by atoms with E-state index >= 15 is 0 Å². The number of ether oxygens (including phenoxy) is 2. The van der Waals surface area contributed by atoms with Gasteiger partial charge in [-0.3, -0.25) is 9.69 Å². The van der Waals surface area contributed by atoms with Crippen molar-refractivity contribution < 1.29 is 14.3 Å². The first-order valence-electron chi connectivity index (χ1n) is 7.75. The van der Waals surface area contributed by atoms with Crippen LogP contribution in [0.5, 0.6) is 11.5 Å². The Labute approximate surface area is 166 Å². The maximum absolute atomic E-state index is 12.4. The van der Waals surface area contributed by atoms with Gasteiger partial charge in [-0.05, 0) is 74.1 Å². The van der Waals surface area contributed by atoms with E-state index in [1.54, 1.807) is 4.90 Å². The molecule has 1 fully saturated rings. The molecule has 130 valence electrons. The first-order chi connectivity index (χ1) is 11.4. The molecule has 1 saturated heterocycles. The largest absolute Gasteiger partial charge is 0.490 e. The van der Waals surface area contributed by atoms with E-state index in [1.165, 1.54) is 11.8 Å². The normalized spacial score (nSPS) is 16.4. The molecule has 0 aliphatic carbocycles. The van der Waals surface area contributed by atoms with Crippen LogP contribution < -0.4 is 9.47 Å². The Morgan fingerprint density at radius 1 is 1.38 bits per heavy atom. The van der Waals surface area contributed by atoms with Crippen LogP contribution in [-0.2, 0) is 4.79 Å². The summed E-state index contributed by atoms with van der Waals surface area (Å²) in [6.45, 7) is 8.95. The second-order valence-corrected chi connectivity index (χ2v) is 8.19. The van der Waals surface area contributed by atoms with Gasteiger partial charge < -0.3 is 9.47 Å². The molecule has 0 radical (unpaired) electrons. The van der Waals surface area contributed by atoms with E-state index < -0.39 is 0 Å². The minimum atomic E-state index is -0.0389. The molecule has 1 aromatic carbocycles. The van der Waals surface area contributed by atoms with Crippen LogP contribution in [0.3, 0.4) is 0 Å². The summed E-state index contributed by atoms with van der Waals surface area (Å²) >= 11 is 8.82. The predicted molar refractivity (Wildman–Crippen MR) is 112 cm³/mol. The number of benzene rings is 1. The standard InChI is InChI=1S/C17H20INO3S2/c1-5-19-16(20)14(24-17(19)23)9-11-7-12(18)15(22-10(3)4)13(8-11)21-6-2/h7-10H,5-6H2,1-4H3/b14-9-. The number of thioether (sulfide) groups is 1. The van der Waals surface area contributed by atoms with E-state index in [0.29, 0.717) is 28.1 Å². The highest BCUT2D eigenvalue weighted by molar-refractivity contribution is 14.1. The van der Waals surface area contributed by atoms with E-state index in [2.05, 4.69) is 22.6 Å². The van der Waals surface area contributed by atoms with Crippen molar-refractivity contribution in [3.63, 3.8) is 0 Å². The summed E-state index contributed by atoms with van der Waals surface area (Å²) < 4.78 is 13.2. The zero-order valence-electron chi connectivity index (χ0n) is 14.1. The maximum Gasteiger partial charge on any atom is 0.266 e. The maximum atomic E-state index is 12.4. The van der Waals surface area contributed by atoms with Gasteiger partial charge in [0.15, 0.2) is 11.5 Å². The molecule has 24 heavy (non-hydrogen) atoms. The number of rotatable bonds is 6. The SMILES string of the molecule is CCOc1cc(/C=C2\SC(=S)N(CC)C2=O)cc(I)c1OC(C)C. The number of thiocarbonyl (C=S) groups is 1. The molecular weight excluding hydrogens is 457 g/mol. The van der Waals surface area contributed by atoms with Crippen LogP contribution in [0, 0.1) is 3.57 Å². The Balaban J connectivity index is 2.40. The molecule has 2 rings (SSSR count). The summed E-state index contributed by atoms with van der Waals surface area (Å²) in [5.74, 6) is 1.39. The molecule has 0 N–H and O–H groups in total. The summed E-state index contributed by atoms with van der Waals surface area (Å²) in [7, 11) is 0. The summed E-state index contributed by atoms with van der Waals surface area (Å²) in [5, 5.41) is 0. The topological polar surface area (TPSA) is 38.8 Å². The summed E-state index contributed by atoms with van der Waals surface area (Å²) in [4.78, 5) is 14.6. The van der Waals surface area contributed by atoms with Gasteiger partial charge in [0.2, 0.25) is 0 Å². The van der Waals surface area contributed by atoms with Gasteiger partial charge in [-0.1, -0.05) is 24.0 Å². The lowest BCUT2D eigenvalue weighted by Crippen LogP contribution is -2.27. The van der Waals surface area contributed by atoms with Gasteiger partial charge in [0.1, 0.15) is 4.32 Å². The van der Waals surface area contributed by atoms with Crippen molar-refractivity contribution in [2.75, 3.05) is 13.2 Å². The first kappa shape index (κ1) is 19.5. The number of likely N-dealkylation sites (N-methyl/N-ethyl adjacent to an activating group) is 1. The van der Waals surface area contributed by atoms with E-state index in [9.17, 15) is 4.79 Å². The van der Waals surface area contributed by atoms with Crippen molar-refractivity contribution in [1.29, 1.82) is 0 Å². The predicted octanol–water partition coefficient (Wildman–Crippen LogP) is 4.70.